The van der Waals surface area contributed by atoms with Crippen molar-refractivity contribution in [2.24, 2.45) is 0 Å². The number of rotatable bonds is 2. The summed E-state index contributed by atoms with van der Waals surface area (Å²) in [5.41, 5.74) is 2.32. The highest BCUT2D eigenvalue weighted by molar-refractivity contribution is 7.90. The number of fused-ring (bicyclic) bond motifs is 1. The summed E-state index contributed by atoms with van der Waals surface area (Å²) in [4.78, 5) is 18.5. The van der Waals surface area contributed by atoms with Crippen LogP contribution in [0.3, 0.4) is 0 Å². The second kappa shape index (κ2) is 6.24. The quantitative estimate of drug-likeness (QED) is 0.889. The van der Waals surface area contributed by atoms with Crippen molar-refractivity contribution in [2.75, 3.05) is 19.3 Å². The molecule has 1 aliphatic heterocycles. The van der Waals surface area contributed by atoms with Gasteiger partial charge in [-0.3, -0.25) is 4.79 Å². The highest BCUT2D eigenvalue weighted by Gasteiger charge is 2.21. The van der Waals surface area contributed by atoms with Gasteiger partial charge in [0.15, 0.2) is 9.84 Å². The SMILES string of the molecule is CS(=O)(=O)c1ccc2c(c1)CCN(C(=O)c1ccc(O)cn1)CC2. The molecule has 0 spiro atoms. The third kappa shape index (κ3) is 3.41. The molecule has 0 atom stereocenters. The number of amides is 1. The van der Waals surface area contributed by atoms with Gasteiger partial charge in [0.2, 0.25) is 0 Å². The molecule has 0 saturated carbocycles. The van der Waals surface area contributed by atoms with Gasteiger partial charge < -0.3 is 10.0 Å². The second-order valence-electron chi connectivity index (χ2n) is 5.90. The molecular formula is C17H18N2O4S. The molecule has 0 fully saturated rings. The van der Waals surface area contributed by atoms with Crippen molar-refractivity contribution in [1.29, 1.82) is 0 Å². The van der Waals surface area contributed by atoms with E-state index in [9.17, 15) is 18.3 Å². The average molecular weight is 346 g/mol. The van der Waals surface area contributed by atoms with Gasteiger partial charge >= 0.3 is 0 Å². The zero-order valence-corrected chi connectivity index (χ0v) is 14.1. The van der Waals surface area contributed by atoms with E-state index in [4.69, 9.17) is 0 Å². The van der Waals surface area contributed by atoms with Gasteiger partial charge in [0.1, 0.15) is 11.4 Å². The van der Waals surface area contributed by atoms with E-state index in [0.717, 1.165) is 11.1 Å². The van der Waals surface area contributed by atoms with Crippen LogP contribution in [0.25, 0.3) is 0 Å². The van der Waals surface area contributed by atoms with E-state index in [2.05, 4.69) is 4.98 Å². The maximum atomic E-state index is 12.5. The van der Waals surface area contributed by atoms with Crippen LogP contribution < -0.4 is 0 Å². The minimum Gasteiger partial charge on any atom is -0.506 e. The van der Waals surface area contributed by atoms with E-state index in [-0.39, 0.29) is 17.4 Å². The fourth-order valence-corrected chi connectivity index (χ4v) is 3.48. The van der Waals surface area contributed by atoms with Crippen LogP contribution in [0, 0.1) is 0 Å². The van der Waals surface area contributed by atoms with Crippen molar-refractivity contribution in [3.8, 4) is 5.75 Å². The molecule has 2 aromatic rings. The molecule has 3 rings (SSSR count). The Morgan fingerprint density at radius 1 is 1.12 bits per heavy atom. The number of aromatic hydroxyl groups is 1. The third-order valence-electron chi connectivity index (χ3n) is 4.16. The minimum absolute atomic E-state index is 0.0168. The van der Waals surface area contributed by atoms with Gasteiger partial charge in [0.05, 0.1) is 11.1 Å². The first-order chi connectivity index (χ1) is 11.3. The number of nitrogens with zero attached hydrogens (tertiary/aromatic N) is 2. The standard InChI is InChI=1S/C17H18N2O4S/c1-24(22,23)15-4-2-12-6-8-19(9-7-13(12)10-15)17(21)16-5-3-14(20)11-18-16/h2-5,10-11,20H,6-9H2,1H3. The van der Waals surface area contributed by atoms with Gasteiger partial charge in [-0.2, -0.15) is 0 Å². The first kappa shape index (κ1) is 16.4. The molecule has 126 valence electrons. The van der Waals surface area contributed by atoms with E-state index >= 15 is 0 Å². The van der Waals surface area contributed by atoms with Crippen molar-refractivity contribution in [3.63, 3.8) is 0 Å². The van der Waals surface area contributed by atoms with Gasteiger partial charge in [-0.15, -0.1) is 0 Å². The minimum atomic E-state index is -3.24. The lowest BCUT2D eigenvalue weighted by Crippen LogP contribution is -2.33. The summed E-state index contributed by atoms with van der Waals surface area (Å²) in [6.07, 6.45) is 3.71. The molecule has 1 aliphatic rings. The Balaban J connectivity index is 1.80. The van der Waals surface area contributed by atoms with E-state index in [1.165, 1.54) is 24.6 Å². The van der Waals surface area contributed by atoms with Crippen LogP contribution in [0.2, 0.25) is 0 Å². The van der Waals surface area contributed by atoms with Crippen molar-refractivity contribution in [2.45, 2.75) is 17.7 Å². The second-order valence-corrected chi connectivity index (χ2v) is 7.91. The van der Waals surface area contributed by atoms with Gasteiger partial charge in [0, 0.05) is 19.3 Å². The number of hydrogen-bond donors (Lipinski definition) is 1. The summed E-state index contributed by atoms with van der Waals surface area (Å²) < 4.78 is 23.4. The number of pyridine rings is 1. The first-order valence-corrected chi connectivity index (χ1v) is 9.50. The summed E-state index contributed by atoms with van der Waals surface area (Å²) in [5, 5.41) is 9.27. The lowest BCUT2D eigenvalue weighted by atomic mass is 10.0. The molecule has 1 amide bonds. The lowest BCUT2D eigenvalue weighted by molar-refractivity contribution is 0.0757. The summed E-state index contributed by atoms with van der Waals surface area (Å²) >= 11 is 0. The Morgan fingerprint density at radius 3 is 2.46 bits per heavy atom. The van der Waals surface area contributed by atoms with Crippen LogP contribution in [0.5, 0.6) is 5.75 Å². The molecule has 0 unspecified atom stereocenters. The Labute approximate surface area is 140 Å². The lowest BCUT2D eigenvalue weighted by Gasteiger charge is -2.19. The van der Waals surface area contributed by atoms with Crippen LogP contribution in [0.4, 0.5) is 0 Å². The molecule has 1 N–H and O–H groups in total. The molecule has 1 aromatic carbocycles. The summed E-state index contributed by atoms with van der Waals surface area (Å²) in [5.74, 6) is -0.172. The van der Waals surface area contributed by atoms with Crippen molar-refractivity contribution >= 4 is 15.7 Å². The number of aromatic nitrogens is 1. The normalized spacial score (nSPS) is 14.8. The Morgan fingerprint density at radius 2 is 1.83 bits per heavy atom. The van der Waals surface area contributed by atoms with Crippen molar-refractivity contribution in [3.05, 3.63) is 53.3 Å². The molecule has 0 saturated heterocycles. The van der Waals surface area contributed by atoms with Crippen LogP contribution in [-0.4, -0.2) is 48.7 Å². The third-order valence-corrected chi connectivity index (χ3v) is 5.27. The molecule has 1 aromatic heterocycles. The molecule has 24 heavy (non-hydrogen) atoms. The molecule has 6 nitrogen and oxygen atoms in total. The molecule has 0 aliphatic carbocycles. The highest BCUT2D eigenvalue weighted by atomic mass is 32.2. The number of hydrogen-bond acceptors (Lipinski definition) is 5. The number of benzene rings is 1. The highest BCUT2D eigenvalue weighted by Crippen LogP contribution is 2.21. The van der Waals surface area contributed by atoms with E-state index in [0.29, 0.717) is 30.8 Å². The van der Waals surface area contributed by atoms with Crippen LogP contribution in [0.1, 0.15) is 21.6 Å². The van der Waals surface area contributed by atoms with Gasteiger partial charge in [-0.25, -0.2) is 13.4 Å². The Hall–Kier alpha value is -2.41. The number of sulfone groups is 1. The molecule has 0 radical (unpaired) electrons. The maximum Gasteiger partial charge on any atom is 0.272 e. The topological polar surface area (TPSA) is 87.6 Å². The fourth-order valence-electron chi connectivity index (χ4n) is 2.81. The molecular weight excluding hydrogens is 328 g/mol. The van der Waals surface area contributed by atoms with E-state index in [1.54, 1.807) is 17.0 Å². The first-order valence-electron chi connectivity index (χ1n) is 7.61. The van der Waals surface area contributed by atoms with Gasteiger partial charge in [0.25, 0.3) is 5.91 Å². The molecule has 7 heteroatoms. The summed E-state index contributed by atoms with van der Waals surface area (Å²) in [7, 11) is -3.24. The van der Waals surface area contributed by atoms with Crippen molar-refractivity contribution in [1.82, 2.24) is 9.88 Å². The zero-order valence-electron chi connectivity index (χ0n) is 13.3. The predicted octanol–water partition coefficient (Wildman–Crippen LogP) is 1.43. The zero-order chi connectivity index (χ0) is 17.3. The largest absolute Gasteiger partial charge is 0.506 e. The van der Waals surface area contributed by atoms with E-state index in [1.807, 2.05) is 6.07 Å². The summed E-state index contributed by atoms with van der Waals surface area (Å²) in [6, 6.07) is 8.09. The van der Waals surface area contributed by atoms with Crippen LogP contribution in [-0.2, 0) is 22.7 Å². The predicted molar refractivity (Wildman–Crippen MR) is 88.8 cm³/mol. The molecule has 2 heterocycles. The van der Waals surface area contributed by atoms with E-state index < -0.39 is 9.84 Å². The fraction of sp³-hybridized carbons (Fsp3) is 0.294. The van der Waals surface area contributed by atoms with Crippen LogP contribution >= 0.6 is 0 Å². The van der Waals surface area contributed by atoms with Crippen LogP contribution in [0.15, 0.2) is 41.4 Å². The van der Waals surface area contributed by atoms with Gasteiger partial charge in [-0.1, -0.05) is 6.07 Å². The van der Waals surface area contributed by atoms with Crippen molar-refractivity contribution < 1.29 is 18.3 Å². The number of carbonyl (C=O) groups is 1. The Bertz CT molecular complexity index is 876. The van der Waals surface area contributed by atoms with Gasteiger partial charge in [-0.05, 0) is 48.2 Å². The summed E-state index contributed by atoms with van der Waals surface area (Å²) in [6.45, 7) is 1.05. The Kier molecular flexibility index (Phi) is 4.28. The number of carbonyl (C=O) groups excluding carboxylic acids is 1. The average Bonchev–Trinajstić information content (AvgIpc) is 2.76. The maximum absolute atomic E-state index is 12.5. The smallest absolute Gasteiger partial charge is 0.272 e. The monoisotopic (exact) mass is 346 g/mol. The molecule has 0 bridgehead atoms.